The van der Waals surface area contributed by atoms with Crippen LogP contribution in [0.3, 0.4) is 0 Å². The molecule has 1 atom stereocenters. The fourth-order valence-electron chi connectivity index (χ4n) is 1.91. The van der Waals surface area contributed by atoms with Gasteiger partial charge in [-0.05, 0) is 13.2 Å². The molecule has 0 spiro atoms. The Morgan fingerprint density at radius 3 is 3.05 bits per heavy atom. The number of aromatic nitrogens is 2. The number of morpholine rings is 1. The maximum absolute atomic E-state index is 10.9. The van der Waals surface area contributed by atoms with Crippen molar-refractivity contribution in [2.24, 2.45) is 5.73 Å². The molecule has 0 radical (unpaired) electrons. The van der Waals surface area contributed by atoms with Crippen molar-refractivity contribution in [1.29, 1.82) is 0 Å². The van der Waals surface area contributed by atoms with Gasteiger partial charge >= 0.3 is 6.03 Å². The molecule has 3 N–H and O–H groups in total. The molecule has 0 saturated carbocycles. The van der Waals surface area contributed by atoms with Crippen LogP contribution in [0.1, 0.15) is 6.92 Å². The zero-order chi connectivity index (χ0) is 13.8. The fourth-order valence-corrected chi connectivity index (χ4v) is 2.28. The van der Waals surface area contributed by atoms with Crippen LogP contribution in [-0.2, 0) is 4.74 Å². The predicted molar refractivity (Wildman–Crippen MR) is 74.6 cm³/mol. The summed E-state index contributed by atoms with van der Waals surface area (Å²) in [6.45, 7) is 4.17. The number of urea groups is 1. The Morgan fingerprint density at radius 1 is 1.63 bits per heavy atom. The van der Waals surface area contributed by atoms with Gasteiger partial charge in [0.05, 0.1) is 19.3 Å². The van der Waals surface area contributed by atoms with E-state index in [1.54, 1.807) is 6.07 Å². The van der Waals surface area contributed by atoms with Crippen LogP contribution in [0.4, 0.5) is 16.4 Å². The topological polar surface area (TPSA) is 93.4 Å². The normalized spacial score (nSPS) is 19.3. The summed E-state index contributed by atoms with van der Waals surface area (Å²) in [5.41, 5.74) is 5.12. The third-order valence-corrected chi connectivity index (χ3v) is 3.34. The minimum absolute atomic E-state index is 0.236. The molecule has 1 saturated heterocycles. The number of thioether (sulfide) groups is 1. The van der Waals surface area contributed by atoms with E-state index in [0.29, 0.717) is 24.2 Å². The molecule has 1 aromatic rings. The van der Waals surface area contributed by atoms with E-state index >= 15 is 0 Å². The number of amides is 2. The number of nitrogens with zero attached hydrogens (tertiary/aromatic N) is 3. The number of hydrogen-bond acceptors (Lipinski definition) is 6. The highest BCUT2D eigenvalue weighted by Gasteiger charge is 2.21. The second-order valence-electron chi connectivity index (χ2n) is 4.20. The summed E-state index contributed by atoms with van der Waals surface area (Å²) in [4.78, 5) is 21.7. The number of carbonyl (C=O) groups is 1. The van der Waals surface area contributed by atoms with E-state index < -0.39 is 6.03 Å². The largest absolute Gasteiger partial charge is 0.377 e. The molecule has 0 unspecified atom stereocenters. The number of nitrogens with two attached hydrogens (primary N) is 1. The highest BCUT2D eigenvalue weighted by Crippen LogP contribution is 2.23. The highest BCUT2D eigenvalue weighted by atomic mass is 32.2. The predicted octanol–water partition coefficient (Wildman–Crippen LogP) is 0.914. The molecule has 2 rings (SSSR count). The lowest BCUT2D eigenvalue weighted by Gasteiger charge is -2.34. The Hall–Kier alpha value is -1.54. The first-order chi connectivity index (χ1) is 9.10. The minimum atomic E-state index is -0.633. The lowest BCUT2D eigenvalue weighted by molar-refractivity contribution is 0.0984. The Kier molecular flexibility index (Phi) is 4.43. The zero-order valence-electron chi connectivity index (χ0n) is 10.9. The van der Waals surface area contributed by atoms with Gasteiger partial charge in [-0.2, -0.15) is 0 Å². The summed E-state index contributed by atoms with van der Waals surface area (Å²) in [6, 6.07) is 1.33. The fraction of sp³-hybridized carbons (Fsp3) is 0.545. The average molecular weight is 283 g/mol. The number of carbonyl (C=O) groups excluding carboxylic acids is 1. The SMILES string of the molecule is CSc1nc(NC(N)=O)cc(N2CCOC[C@H]2C)n1. The van der Waals surface area contributed by atoms with E-state index in [-0.39, 0.29) is 6.04 Å². The van der Waals surface area contributed by atoms with Gasteiger partial charge in [-0.3, -0.25) is 5.32 Å². The number of rotatable bonds is 3. The minimum Gasteiger partial charge on any atom is -0.377 e. The van der Waals surface area contributed by atoms with Crippen molar-refractivity contribution >= 4 is 29.4 Å². The summed E-state index contributed by atoms with van der Waals surface area (Å²) in [5, 5.41) is 3.09. The van der Waals surface area contributed by atoms with Crippen LogP contribution in [0.5, 0.6) is 0 Å². The lowest BCUT2D eigenvalue weighted by atomic mass is 10.2. The first-order valence-corrected chi connectivity index (χ1v) is 7.16. The van der Waals surface area contributed by atoms with Gasteiger partial charge in [-0.15, -0.1) is 0 Å². The zero-order valence-corrected chi connectivity index (χ0v) is 11.7. The lowest BCUT2D eigenvalue weighted by Crippen LogP contribution is -2.44. The number of hydrogen-bond donors (Lipinski definition) is 2. The van der Waals surface area contributed by atoms with Crippen LogP contribution in [0.15, 0.2) is 11.2 Å². The Bertz CT molecular complexity index is 470. The van der Waals surface area contributed by atoms with Crippen molar-refractivity contribution < 1.29 is 9.53 Å². The van der Waals surface area contributed by atoms with E-state index in [1.807, 2.05) is 6.26 Å². The number of ether oxygens (including phenoxy) is 1. The van der Waals surface area contributed by atoms with Gasteiger partial charge in [0.15, 0.2) is 5.16 Å². The number of anilines is 2. The van der Waals surface area contributed by atoms with E-state index in [0.717, 1.165) is 12.4 Å². The third kappa shape index (κ3) is 3.48. The van der Waals surface area contributed by atoms with Crippen LogP contribution in [0, 0.1) is 0 Å². The Balaban J connectivity index is 2.29. The van der Waals surface area contributed by atoms with Crippen LogP contribution in [-0.4, -0.2) is 48.1 Å². The third-order valence-electron chi connectivity index (χ3n) is 2.79. The van der Waals surface area contributed by atoms with Gasteiger partial charge in [-0.1, -0.05) is 11.8 Å². The van der Waals surface area contributed by atoms with Crippen molar-refractivity contribution in [3.8, 4) is 0 Å². The van der Waals surface area contributed by atoms with E-state index in [4.69, 9.17) is 10.5 Å². The summed E-state index contributed by atoms with van der Waals surface area (Å²) in [6.07, 6.45) is 1.88. The highest BCUT2D eigenvalue weighted by molar-refractivity contribution is 7.98. The summed E-state index contributed by atoms with van der Waals surface area (Å²) >= 11 is 1.42. The van der Waals surface area contributed by atoms with Crippen molar-refractivity contribution in [2.45, 2.75) is 18.1 Å². The molecule has 1 fully saturated rings. The molecule has 1 aliphatic rings. The molecule has 8 heteroatoms. The van der Waals surface area contributed by atoms with Gasteiger partial charge < -0.3 is 15.4 Å². The van der Waals surface area contributed by atoms with Crippen molar-refractivity contribution in [3.63, 3.8) is 0 Å². The molecule has 19 heavy (non-hydrogen) atoms. The van der Waals surface area contributed by atoms with Crippen LogP contribution in [0.2, 0.25) is 0 Å². The molecule has 2 heterocycles. The molecular weight excluding hydrogens is 266 g/mol. The van der Waals surface area contributed by atoms with Crippen molar-refractivity contribution in [2.75, 3.05) is 36.2 Å². The molecule has 0 aliphatic carbocycles. The number of nitrogens with one attached hydrogen (secondary N) is 1. The Labute approximate surface area is 115 Å². The van der Waals surface area contributed by atoms with Crippen LogP contribution < -0.4 is 16.0 Å². The van der Waals surface area contributed by atoms with Gasteiger partial charge in [0.2, 0.25) is 0 Å². The Morgan fingerprint density at radius 2 is 2.42 bits per heavy atom. The first kappa shape index (κ1) is 13.9. The molecular formula is C11H17N5O2S. The molecule has 104 valence electrons. The first-order valence-electron chi connectivity index (χ1n) is 5.94. The molecule has 0 bridgehead atoms. The molecule has 1 aromatic heterocycles. The quantitative estimate of drug-likeness (QED) is 0.633. The van der Waals surface area contributed by atoms with Gasteiger partial charge in [0.1, 0.15) is 11.6 Å². The number of primary amides is 1. The van der Waals surface area contributed by atoms with Crippen LogP contribution in [0.25, 0.3) is 0 Å². The van der Waals surface area contributed by atoms with Gasteiger partial charge in [0.25, 0.3) is 0 Å². The smallest absolute Gasteiger partial charge is 0.317 e. The molecule has 2 amide bonds. The van der Waals surface area contributed by atoms with Gasteiger partial charge in [0, 0.05) is 12.6 Å². The second kappa shape index (κ2) is 6.07. The maximum atomic E-state index is 10.9. The van der Waals surface area contributed by atoms with E-state index in [2.05, 4.69) is 27.1 Å². The van der Waals surface area contributed by atoms with Crippen LogP contribution >= 0.6 is 11.8 Å². The van der Waals surface area contributed by atoms with Crippen molar-refractivity contribution in [1.82, 2.24) is 9.97 Å². The molecule has 7 nitrogen and oxygen atoms in total. The second-order valence-corrected chi connectivity index (χ2v) is 4.98. The standard InChI is InChI=1S/C11H17N5O2S/c1-7-6-18-4-3-16(7)9-5-8(13-10(12)17)14-11(15-9)19-2/h5,7H,3-4,6H2,1-2H3,(H3,12,13,14,15,17)/t7-/m1/s1. The van der Waals surface area contributed by atoms with E-state index in [9.17, 15) is 4.79 Å². The molecule has 1 aliphatic heterocycles. The van der Waals surface area contributed by atoms with Gasteiger partial charge in [-0.25, -0.2) is 14.8 Å². The summed E-state index contributed by atoms with van der Waals surface area (Å²) < 4.78 is 5.40. The van der Waals surface area contributed by atoms with E-state index in [1.165, 1.54) is 11.8 Å². The summed E-state index contributed by atoms with van der Waals surface area (Å²) in [5.74, 6) is 1.19. The summed E-state index contributed by atoms with van der Waals surface area (Å²) in [7, 11) is 0. The maximum Gasteiger partial charge on any atom is 0.317 e. The monoisotopic (exact) mass is 283 g/mol. The van der Waals surface area contributed by atoms with Crippen molar-refractivity contribution in [3.05, 3.63) is 6.07 Å². The molecule has 0 aromatic carbocycles. The average Bonchev–Trinajstić information content (AvgIpc) is 2.38.